The number of esters is 1. The van der Waals surface area contributed by atoms with Crippen LogP contribution >= 0.6 is 0 Å². The predicted octanol–water partition coefficient (Wildman–Crippen LogP) is -1.06. The smallest absolute Gasteiger partial charge is 0.337 e. The standard InChI is InChI=1S/C11H22NO2.BrH/c1-6-7-8-12(4,5)9-14-11(13)10(2)3;/h2,6-9H2,1,3-5H3;1H/q+1;/p-1. The van der Waals surface area contributed by atoms with Crippen LogP contribution in [0.2, 0.25) is 0 Å². The lowest BCUT2D eigenvalue weighted by Crippen LogP contribution is -3.00. The maximum absolute atomic E-state index is 11.1. The first-order chi connectivity index (χ1) is 6.39. The summed E-state index contributed by atoms with van der Waals surface area (Å²) in [5.74, 6) is -0.298. The van der Waals surface area contributed by atoms with Gasteiger partial charge in [-0.15, -0.1) is 0 Å². The zero-order valence-electron chi connectivity index (χ0n) is 10.2. The van der Waals surface area contributed by atoms with E-state index in [2.05, 4.69) is 27.6 Å². The molecule has 0 saturated heterocycles. The zero-order valence-corrected chi connectivity index (χ0v) is 11.8. The van der Waals surface area contributed by atoms with Crippen LogP contribution in [0.3, 0.4) is 0 Å². The molecule has 0 aliphatic heterocycles. The second-order valence-electron chi connectivity index (χ2n) is 4.35. The van der Waals surface area contributed by atoms with E-state index in [0.29, 0.717) is 16.8 Å². The molecule has 0 saturated carbocycles. The molecular weight excluding hydrogens is 258 g/mol. The first-order valence-corrected chi connectivity index (χ1v) is 5.03. The summed E-state index contributed by atoms with van der Waals surface area (Å²) in [6.45, 7) is 8.80. The fourth-order valence-electron chi connectivity index (χ4n) is 1.01. The van der Waals surface area contributed by atoms with Gasteiger partial charge in [-0.2, -0.15) is 0 Å². The van der Waals surface area contributed by atoms with Crippen molar-refractivity contribution in [2.75, 3.05) is 27.4 Å². The molecular formula is C11H22BrNO2. The second kappa shape index (κ2) is 7.88. The van der Waals surface area contributed by atoms with Crippen molar-refractivity contribution < 1.29 is 31.0 Å². The lowest BCUT2D eigenvalue weighted by Gasteiger charge is -2.28. The van der Waals surface area contributed by atoms with Gasteiger partial charge < -0.3 is 21.7 Å². The third-order valence-corrected chi connectivity index (χ3v) is 2.01. The van der Waals surface area contributed by atoms with Crippen LogP contribution in [0.1, 0.15) is 26.7 Å². The molecule has 0 heterocycles. The molecule has 0 aromatic carbocycles. The Balaban J connectivity index is 0. The molecule has 4 heteroatoms. The Morgan fingerprint density at radius 3 is 2.33 bits per heavy atom. The molecule has 0 aliphatic rings. The Morgan fingerprint density at radius 1 is 1.40 bits per heavy atom. The highest BCUT2D eigenvalue weighted by Crippen LogP contribution is 2.03. The molecule has 0 fully saturated rings. The topological polar surface area (TPSA) is 26.3 Å². The number of nitrogens with zero attached hydrogens (tertiary/aromatic N) is 1. The first-order valence-electron chi connectivity index (χ1n) is 5.03. The molecule has 0 unspecified atom stereocenters. The van der Waals surface area contributed by atoms with Crippen molar-refractivity contribution in [2.24, 2.45) is 0 Å². The van der Waals surface area contributed by atoms with Crippen molar-refractivity contribution in [1.29, 1.82) is 0 Å². The van der Waals surface area contributed by atoms with Crippen LogP contribution < -0.4 is 17.0 Å². The van der Waals surface area contributed by atoms with E-state index in [1.165, 1.54) is 0 Å². The summed E-state index contributed by atoms with van der Waals surface area (Å²) in [7, 11) is 4.11. The number of hydrogen-bond donors (Lipinski definition) is 0. The van der Waals surface area contributed by atoms with Crippen LogP contribution in [0, 0.1) is 0 Å². The number of rotatable bonds is 6. The maximum Gasteiger partial charge on any atom is 0.337 e. The van der Waals surface area contributed by atoms with Gasteiger partial charge in [-0.05, 0) is 13.3 Å². The summed E-state index contributed by atoms with van der Waals surface area (Å²) >= 11 is 0. The molecule has 15 heavy (non-hydrogen) atoms. The van der Waals surface area contributed by atoms with Gasteiger partial charge in [0.1, 0.15) is 0 Å². The Labute approximate surface area is 103 Å². The Morgan fingerprint density at radius 2 is 1.93 bits per heavy atom. The lowest BCUT2D eigenvalue weighted by atomic mass is 10.3. The average molecular weight is 280 g/mol. The minimum Gasteiger partial charge on any atom is -1.00 e. The van der Waals surface area contributed by atoms with Gasteiger partial charge in [0, 0.05) is 5.57 Å². The molecule has 0 atom stereocenters. The number of hydrogen-bond acceptors (Lipinski definition) is 2. The van der Waals surface area contributed by atoms with Crippen molar-refractivity contribution in [2.45, 2.75) is 26.7 Å². The number of carbonyl (C=O) groups excluding carboxylic acids is 1. The molecule has 0 rings (SSSR count). The highest BCUT2D eigenvalue weighted by atomic mass is 79.9. The van der Waals surface area contributed by atoms with Crippen LogP contribution in [0.25, 0.3) is 0 Å². The molecule has 0 amide bonds. The van der Waals surface area contributed by atoms with Gasteiger partial charge in [0.25, 0.3) is 0 Å². The van der Waals surface area contributed by atoms with E-state index in [1.54, 1.807) is 6.92 Å². The third-order valence-electron chi connectivity index (χ3n) is 2.01. The van der Waals surface area contributed by atoms with Gasteiger partial charge in [0.15, 0.2) is 0 Å². The van der Waals surface area contributed by atoms with E-state index in [1.807, 2.05) is 0 Å². The first kappa shape index (κ1) is 17.1. The van der Waals surface area contributed by atoms with Crippen molar-refractivity contribution in [3.63, 3.8) is 0 Å². The summed E-state index contributed by atoms with van der Waals surface area (Å²) in [6.07, 6.45) is 2.31. The summed E-state index contributed by atoms with van der Waals surface area (Å²) < 4.78 is 5.81. The molecule has 90 valence electrons. The number of halogens is 1. The lowest BCUT2D eigenvalue weighted by molar-refractivity contribution is -0.907. The zero-order chi connectivity index (χ0) is 11.2. The van der Waals surface area contributed by atoms with Crippen molar-refractivity contribution in [3.05, 3.63) is 12.2 Å². The Bertz CT molecular complexity index is 215. The van der Waals surface area contributed by atoms with Crippen LogP contribution in [0.5, 0.6) is 0 Å². The van der Waals surface area contributed by atoms with E-state index >= 15 is 0 Å². The van der Waals surface area contributed by atoms with E-state index in [-0.39, 0.29) is 23.0 Å². The number of carbonyl (C=O) groups is 1. The van der Waals surface area contributed by atoms with Crippen LogP contribution in [-0.2, 0) is 9.53 Å². The second-order valence-corrected chi connectivity index (χ2v) is 4.35. The molecule has 0 aliphatic carbocycles. The van der Waals surface area contributed by atoms with Crippen molar-refractivity contribution in [3.8, 4) is 0 Å². The fraction of sp³-hybridized carbons (Fsp3) is 0.727. The SMILES string of the molecule is C=C(C)C(=O)OC[N+](C)(C)CCCC.[Br-]. The largest absolute Gasteiger partial charge is 1.00 e. The van der Waals surface area contributed by atoms with E-state index in [9.17, 15) is 4.79 Å². The van der Waals surface area contributed by atoms with Gasteiger partial charge in [0.2, 0.25) is 6.73 Å². The molecule has 0 aromatic rings. The summed E-state index contributed by atoms with van der Waals surface area (Å²) in [5, 5.41) is 0. The summed E-state index contributed by atoms with van der Waals surface area (Å²) in [4.78, 5) is 11.1. The van der Waals surface area contributed by atoms with Crippen LogP contribution in [0.4, 0.5) is 0 Å². The quantitative estimate of drug-likeness (QED) is 0.268. The molecule has 0 aromatic heterocycles. The molecule has 3 nitrogen and oxygen atoms in total. The van der Waals surface area contributed by atoms with E-state index in [0.717, 1.165) is 19.4 Å². The van der Waals surface area contributed by atoms with Gasteiger partial charge in [-0.3, -0.25) is 4.48 Å². The van der Waals surface area contributed by atoms with Gasteiger partial charge >= 0.3 is 5.97 Å². The Hall–Kier alpha value is -0.350. The molecule has 0 radical (unpaired) electrons. The van der Waals surface area contributed by atoms with E-state index in [4.69, 9.17) is 4.74 Å². The van der Waals surface area contributed by atoms with Crippen molar-refractivity contribution >= 4 is 5.97 Å². The maximum atomic E-state index is 11.1. The number of ether oxygens (including phenoxy) is 1. The summed E-state index contributed by atoms with van der Waals surface area (Å²) in [5.41, 5.74) is 0.459. The van der Waals surface area contributed by atoms with Gasteiger partial charge in [-0.1, -0.05) is 19.9 Å². The third kappa shape index (κ3) is 8.63. The van der Waals surface area contributed by atoms with Gasteiger partial charge in [0.05, 0.1) is 20.6 Å². The normalized spacial score (nSPS) is 10.4. The van der Waals surface area contributed by atoms with E-state index < -0.39 is 0 Å². The van der Waals surface area contributed by atoms with Gasteiger partial charge in [-0.25, -0.2) is 4.79 Å². The Kier molecular flexibility index (Phi) is 8.96. The van der Waals surface area contributed by atoms with Crippen LogP contribution in [-0.4, -0.2) is 37.8 Å². The fourth-order valence-corrected chi connectivity index (χ4v) is 1.01. The van der Waals surface area contributed by atoms with Crippen LogP contribution in [0.15, 0.2) is 12.2 Å². The molecule has 0 spiro atoms. The molecule has 0 N–H and O–H groups in total. The number of quaternary nitrogens is 1. The minimum absolute atomic E-state index is 0. The predicted molar refractivity (Wildman–Crippen MR) is 57.7 cm³/mol. The average Bonchev–Trinajstić information content (AvgIpc) is 2.11. The monoisotopic (exact) mass is 279 g/mol. The minimum atomic E-state index is -0.298. The van der Waals surface area contributed by atoms with Crippen molar-refractivity contribution in [1.82, 2.24) is 0 Å². The highest BCUT2D eigenvalue weighted by Gasteiger charge is 2.16. The number of unbranched alkanes of at least 4 members (excludes halogenated alkanes) is 1. The highest BCUT2D eigenvalue weighted by molar-refractivity contribution is 5.86. The molecule has 0 bridgehead atoms. The summed E-state index contributed by atoms with van der Waals surface area (Å²) in [6, 6.07) is 0.